The molecule has 0 spiro atoms. The third-order valence-corrected chi connectivity index (χ3v) is 20.9. The van der Waals surface area contributed by atoms with Crippen molar-refractivity contribution >= 4 is 22.0 Å². The predicted molar refractivity (Wildman–Crippen MR) is 109 cm³/mol. The second-order valence-corrected chi connectivity index (χ2v) is 21.9. The monoisotopic (exact) mass is 424 g/mol. The maximum atomic E-state index is 2.48. The minimum atomic E-state index is -2.20. The van der Waals surface area contributed by atoms with Crippen LogP contribution in [0.1, 0.15) is 79.6 Å². The standard InChI is InChI=1S/C8H17.C6H5.2C4H9.Sn/c1-5-6-7-8(2,3)4;1-2-4-6-5-3-1;2*1-3-4-2;/h1,5-7H2,2-4H3;1-5H;2*1,3-4H2,2H3;. The summed E-state index contributed by atoms with van der Waals surface area (Å²) in [6.07, 6.45) is 9.90. The van der Waals surface area contributed by atoms with Gasteiger partial charge in [-0.25, -0.2) is 0 Å². The van der Waals surface area contributed by atoms with Crippen molar-refractivity contribution in [1.29, 1.82) is 0 Å². The Morgan fingerprint density at radius 2 is 1.26 bits per heavy atom. The van der Waals surface area contributed by atoms with E-state index in [0.717, 1.165) is 0 Å². The van der Waals surface area contributed by atoms with E-state index in [1.807, 2.05) is 0 Å². The predicted octanol–water partition coefficient (Wildman–Crippen LogP) is 7.16. The average Bonchev–Trinajstić information content (AvgIpc) is 2.53. The van der Waals surface area contributed by atoms with Crippen LogP contribution in [0.15, 0.2) is 30.3 Å². The van der Waals surface area contributed by atoms with Gasteiger partial charge in [-0.15, -0.1) is 0 Å². The van der Waals surface area contributed by atoms with Gasteiger partial charge in [0.25, 0.3) is 0 Å². The van der Waals surface area contributed by atoms with E-state index in [1.54, 1.807) is 16.9 Å². The zero-order valence-electron chi connectivity index (χ0n) is 16.5. The molecule has 1 aromatic rings. The number of unbranched alkanes of at least 4 members (excludes halogenated alkanes) is 3. The molecule has 0 fully saturated rings. The Labute approximate surface area is 150 Å². The summed E-state index contributed by atoms with van der Waals surface area (Å²) in [7, 11) is 0. The van der Waals surface area contributed by atoms with E-state index in [-0.39, 0.29) is 0 Å². The van der Waals surface area contributed by atoms with Gasteiger partial charge < -0.3 is 0 Å². The third kappa shape index (κ3) is 8.09. The summed E-state index contributed by atoms with van der Waals surface area (Å²) < 4.78 is 6.53. The average molecular weight is 423 g/mol. The summed E-state index contributed by atoms with van der Waals surface area (Å²) in [5.41, 5.74) is 0.498. The van der Waals surface area contributed by atoms with Gasteiger partial charge in [0.2, 0.25) is 0 Å². The van der Waals surface area contributed by atoms with Crippen molar-refractivity contribution in [3.05, 3.63) is 30.3 Å². The second kappa shape index (κ2) is 10.8. The number of hydrogen-bond donors (Lipinski definition) is 0. The van der Waals surface area contributed by atoms with Crippen LogP contribution < -0.4 is 3.58 Å². The van der Waals surface area contributed by atoms with Gasteiger partial charge in [-0.2, -0.15) is 0 Å². The van der Waals surface area contributed by atoms with E-state index in [0.29, 0.717) is 5.41 Å². The molecule has 0 aromatic heterocycles. The van der Waals surface area contributed by atoms with E-state index >= 15 is 0 Å². The topological polar surface area (TPSA) is 0 Å². The number of benzene rings is 1. The molecule has 132 valence electrons. The van der Waals surface area contributed by atoms with Gasteiger partial charge in [0, 0.05) is 0 Å². The van der Waals surface area contributed by atoms with Crippen LogP contribution in [-0.2, 0) is 0 Å². The van der Waals surface area contributed by atoms with Gasteiger partial charge >= 0.3 is 151 Å². The molecular formula is C22H40Sn. The molecule has 1 rings (SSSR count). The van der Waals surface area contributed by atoms with Gasteiger partial charge in [0.05, 0.1) is 0 Å². The molecule has 0 nitrogen and oxygen atoms in total. The van der Waals surface area contributed by atoms with Crippen molar-refractivity contribution < 1.29 is 0 Å². The Hall–Kier alpha value is 0.0187. The van der Waals surface area contributed by atoms with Crippen LogP contribution in [0.2, 0.25) is 13.3 Å². The van der Waals surface area contributed by atoms with Gasteiger partial charge in [-0.05, 0) is 0 Å². The molecule has 0 saturated carbocycles. The van der Waals surface area contributed by atoms with Gasteiger partial charge in [-0.3, -0.25) is 0 Å². The molecule has 23 heavy (non-hydrogen) atoms. The fourth-order valence-electron chi connectivity index (χ4n) is 3.75. The summed E-state index contributed by atoms with van der Waals surface area (Å²) in [6, 6.07) is 11.7. The van der Waals surface area contributed by atoms with Crippen LogP contribution in [0.5, 0.6) is 0 Å². The Kier molecular flexibility index (Phi) is 9.89. The van der Waals surface area contributed by atoms with Crippen LogP contribution >= 0.6 is 0 Å². The quantitative estimate of drug-likeness (QED) is 0.262. The van der Waals surface area contributed by atoms with Crippen molar-refractivity contribution in [2.24, 2.45) is 5.41 Å². The van der Waals surface area contributed by atoms with E-state index in [4.69, 9.17) is 0 Å². The molecule has 0 atom stereocenters. The molecule has 0 aliphatic heterocycles. The molecular weight excluding hydrogens is 383 g/mol. The van der Waals surface area contributed by atoms with Crippen molar-refractivity contribution in [1.82, 2.24) is 0 Å². The van der Waals surface area contributed by atoms with Crippen LogP contribution in [0.25, 0.3) is 0 Å². The molecule has 0 unspecified atom stereocenters. The SMILES string of the molecule is CCC[CH2][Sn]([CH2]CCC)([CH2]CCCC(C)(C)C)[c]1ccccc1. The van der Waals surface area contributed by atoms with Gasteiger partial charge in [0.15, 0.2) is 0 Å². The van der Waals surface area contributed by atoms with Crippen LogP contribution in [-0.4, -0.2) is 18.4 Å². The number of hydrogen-bond acceptors (Lipinski definition) is 0. The molecule has 0 saturated heterocycles. The molecule has 0 amide bonds. The van der Waals surface area contributed by atoms with Crippen molar-refractivity contribution in [3.8, 4) is 0 Å². The molecule has 0 radical (unpaired) electrons. The fourth-order valence-corrected chi connectivity index (χ4v) is 19.5. The zero-order chi connectivity index (χ0) is 17.2. The van der Waals surface area contributed by atoms with Crippen molar-refractivity contribution in [2.75, 3.05) is 0 Å². The Bertz CT molecular complexity index is 394. The second-order valence-electron chi connectivity index (χ2n) is 8.62. The number of rotatable bonds is 11. The Morgan fingerprint density at radius 1 is 0.739 bits per heavy atom. The zero-order valence-corrected chi connectivity index (χ0v) is 19.3. The van der Waals surface area contributed by atoms with Crippen LogP contribution in [0.4, 0.5) is 0 Å². The van der Waals surface area contributed by atoms with Crippen LogP contribution in [0.3, 0.4) is 0 Å². The first-order valence-electron chi connectivity index (χ1n) is 9.99. The summed E-state index contributed by atoms with van der Waals surface area (Å²) in [5.74, 6) is 0. The Balaban J connectivity index is 2.83. The molecule has 1 heteroatoms. The van der Waals surface area contributed by atoms with Gasteiger partial charge in [-0.1, -0.05) is 0 Å². The third-order valence-electron chi connectivity index (χ3n) is 5.24. The molecule has 0 heterocycles. The van der Waals surface area contributed by atoms with Crippen LogP contribution in [0, 0.1) is 5.41 Å². The van der Waals surface area contributed by atoms with E-state index < -0.39 is 18.4 Å². The maximum absolute atomic E-state index is 2.48. The summed E-state index contributed by atoms with van der Waals surface area (Å²) >= 11 is -2.20. The first-order valence-corrected chi connectivity index (χ1v) is 17.5. The minimum absolute atomic E-state index is 0.498. The van der Waals surface area contributed by atoms with Gasteiger partial charge in [0.1, 0.15) is 0 Å². The molecule has 0 aliphatic rings. The van der Waals surface area contributed by atoms with Crippen molar-refractivity contribution in [2.45, 2.75) is 92.9 Å². The summed E-state index contributed by atoms with van der Waals surface area (Å²) in [4.78, 5) is 0. The first kappa shape index (κ1) is 21.1. The van der Waals surface area contributed by atoms with Crippen molar-refractivity contribution in [3.63, 3.8) is 0 Å². The van der Waals surface area contributed by atoms with E-state index in [1.165, 1.54) is 44.9 Å². The van der Waals surface area contributed by atoms with E-state index in [2.05, 4.69) is 65.0 Å². The Morgan fingerprint density at radius 3 is 1.74 bits per heavy atom. The van der Waals surface area contributed by atoms with E-state index in [9.17, 15) is 0 Å². The molecule has 0 N–H and O–H groups in total. The fraction of sp³-hybridized carbons (Fsp3) is 0.727. The molecule has 0 aliphatic carbocycles. The summed E-state index contributed by atoms with van der Waals surface area (Å²) in [6.45, 7) is 11.9. The normalized spacial score (nSPS) is 12.6. The molecule has 1 aromatic carbocycles. The first-order chi connectivity index (χ1) is 10.9. The summed E-state index contributed by atoms with van der Waals surface area (Å²) in [5, 5.41) is 0. The molecule has 0 bridgehead atoms.